The van der Waals surface area contributed by atoms with Gasteiger partial charge in [0.1, 0.15) is 5.75 Å². The van der Waals surface area contributed by atoms with Crippen molar-refractivity contribution in [3.05, 3.63) is 42.0 Å². The smallest absolute Gasteiger partial charge is 0.266 e. The van der Waals surface area contributed by atoms with Crippen molar-refractivity contribution < 1.29 is 18.3 Å². The van der Waals surface area contributed by atoms with E-state index in [1.54, 1.807) is 7.11 Å². The van der Waals surface area contributed by atoms with Crippen molar-refractivity contribution in [1.29, 1.82) is 0 Å². The Morgan fingerprint density at radius 3 is 2.20 bits per heavy atom. The van der Waals surface area contributed by atoms with Crippen molar-refractivity contribution in [3.8, 4) is 5.75 Å². The Morgan fingerprint density at radius 2 is 1.60 bits per heavy atom. The number of unbranched alkanes of at least 4 members (excludes halogenated alkanes) is 3. The highest BCUT2D eigenvalue weighted by molar-refractivity contribution is 5.29. The van der Waals surface area contributed by atoms with Crippen LogP contribution in [0.4, 0.5) is 8.78 Å². The molecule has 0 radical (unpaired) electrons. The van der Waals surface area contributed by atoms with Crippen molar-refractivity contribution >= 4 is 0 Å². The van der Waals surface area contributed by atoms with Gasteiger partial charge in [-0.3, -0.25) is 0 Å². The largest absolute Gasteiger partial charge is 0.494 e. The fourth-order valence-corrected chi connectivity index (χ4v) is 3.53. The summed E-state index contributed by atoms with van der Waals surface area (Å²) in [6.07, 6.45) is 7.78. The Bertz CT molecular complexity index is 501. The van der Waals surface area contributed by atoms with Crippen LogP contribution in [0.25, 0.3) is 0 Å². The first-order valence-corrected chi connectivity index (χ1v) is 9.43. The second kappa shape index (κ2) is 11.2. The summed E-state index contributed by atoms with van der Waals surface area (Å²) in [5, 5.41) is 0. The second-order valence-electron chi connectivity index (χ2n) is 6.89. The molecule has 1 fully saturated rings. The van der Waals surface area contributed by atoms with Crippen molar-refractivity contribution in [2.45, 2.75) is 57.3 Å². The minimum atomic E-state index is -1.54. The molecule has 0 N–H and O–H groups in total. The number of hydrogen-bond acceptors (Lipinski definition) is 2. The molecule has 1 aliphatic carbocycles. The Labute approximate surface area is 150 Å². The summed E-state index contributed by atoms with van der Waals surface area (Å²) in [6, 6.07) is 8.33. The Hall–Kier alpha value is -1.42. The van der Waals surface area contributed by atoms with Crippen LogP contribution < -0.4 is 4.74 Å². The van der Waals surface area contributed by atoms with Crippen LogP contribution in [0.15, 0.2) is 36.4 Å². The number of halogens is 2. The molecular formula is C21H30F2O2. The lowest BCUT2D eigenvalue weighted by molar-refractivity contribution is 0.191. The molecule has 25 heavy (non-hydrogen) atoms. The number of methoxy groups -OCH3 is 1. The predicted octanol–water partition coefficient (Wildman–Crippen LogP) is 6.33. The lowest BCUT2D eigenvalue weighted by atomic mass is 9.79. The summed E-state index contributed by atoms with van der Waals surface area (Å²) >= 11 is 0. The van der Waals surface area contributed by atoms with E-state index in [9.17, 15) is 8.78 Å². The van der Waals surface area contributed by atoms with E-state index in [-0.39, 0.29) is 5.92 Å². The SMILES string of the molecule is COCCCCCCOc1ccc(C2CCC(C=C(F)F)CC2)cc1. The number of ether oxygens (including phenoxy) is 2. The molecule has 2 nitrogen and oxygen atoms in total. The average Bonchev–Trinajstić information content (AvgIpc) is 2.62. The molecule has 0 aliphatic heterocycles. The summed E-state index contributed by atoms with van der Waals surface area (Å²) in [5.41, 5.74) is 1.30. The van der Waals surface area contributed by atoms with Crippen LogP contribution in [0.2, 0.25) is 0 Å². The third-order valence-corrected chi connectivity index (χ3v) is 5.00. The van der Waals surface area contributed by atoms with Gasteiger partial charge in [-0.1, -0.05) is 18.6 Å². The van der Waals surface area contributed by atoms with E-state index in [2.05, 4.69) is 12.1 Å². The van der Waals surface area contributed by atoms with Gasteiger partial charge in [-0.2, -0.15) is 8.78 Å². The highest BCUT2D eigenvalue weighted by Crippen LogP contribution is 2.37. The summed E-state index contributed by atoms with van der Waals surface area (Å²) in [4.78, 5) is 0. The Balaban J connectivity index is 1.67. The van der Waals surface area contributed by atoms with Gasteiger partial charge in [0.2, 0.25) is 0 Å². The normalized spacial score (nSPS) is 20.3. The predicted molar refractivity (Wildman–Crippen MR) is 97.3 cm³/mol. The zero-order chi connectivity index (χ0) is 17.9. The first-order chi connectivity index (χ1) is 12.2. The fraction of sp³-hybridized carbons (Fsp3) is 0.619. The molecule has 0 spiro atoms. The summed E-state index contributed by atoms with van der Waals surface area (Å²) in [6.45, 7) is 1.59. The van der Waals surface area contributed by atoms with E-state index in [0.29, 0.717) is 5.92 Å². The molecule has 1 aromatic carbocycles. The third kappa shape index (κ3) is 7.55. The van der Waals surface area contributed by atoms with Gasteiger partial charge in [0.15, 0.2) is 0 Å². The second-order valence-corrected chi connectivity index (χ2v) is 6.89. The van der Waals surface area contributed by atoms with Gasteiger partial charge in [-0.25, -0.2) is 0 Å². The Kier molecular flexibility index (Phi) is 8.95. The lowest BCUT2D eigenvalue weighted by Gasteiger charge is -2.26. The standard InChI is InChI=1S/C21H30F2O2/c1-24-14-4-2-3-5-15-25-20-12-10-19(11-13-20)18-8-6-17(7-9-18)16-21(22)23/h10-13,16-18H,2-9,14-15H2,1H3. The van der Waals surface area contributed by atoms with E-state index in [4.69, 9.17) is 9.47 Å². The van der Waals surface area contributed by atoms with E-state index < -0.39 is 6.08 Å². The van der Waals surface area contributed by atoms with Gasteiger partial charge < -0.3 is 9.47 Å². The van der Waals surface area contributed by atoms with Crippen molar-refractivity contribution in [3.63, 3.8) is 0 Å². The monoisotopic (exact) mass is 352 g/mol. The number of rotatable bonds is 10. The van der Waals surface area contributed by atoms with Crippen molar-refractivity contribution in [1.82, 2.24) is 0 Å². The van der Waals surface area contributed by atoms with Gasteiger partial charge in [0.25, 0.3) is 6.08 Å². The van der Waals surface area contributed by atoms with E-state index in [1.165, 1.54) is 18.4 Å². The molecule has 1 aliphatic rings. The molecule has 0 aromatic heterocycles. The van der Waals surface area contributed by atoms with E-state index >= 15 is 0 Å². The van der Waals surface area contributed by atoms with Crippen LogP contribution in [0.3, 0.4) is 0 Å². The highest BCUT2D eigenvalue weighted by atomic mass is 19.3. The molecular weight excluding hydrogens is 322 g/mol. The van der Waals surface area contributed by atoms with Crippen molar-refractivity contribution in [2.75, 3.05) is 20.3 Å². The quantitative estimate of drug-likeness (QED) is 0.458. The summed E-state index contributed by atoms with van der Waals surface area (Å²) < 4.78 is 35.5. The zero-order valence-corrected chi connectivity index (χ0v) is 15.2. The summed E-state index contributed by atoms with van der Waals surface area (Å²) in [7, 11) is 1.74. The first-order valence-electron chi connectivity index (χ1n) is 9.43. The molecule has 4 heteroatoms. The molecule has 140 valence electrons. The number of benzene rings is 1. The first kappa shape index (κ1) is 19.9. The maximum Gasteiger partial charge on any atom is 0.266 e. The molecule has 1 aromatic rings. The van der Waals surface area contributed by atoms with Gasteiger partial charge in [-0.15, -0.1) is 0 Å². The van der Waals surface area contributed by atoms with Crippen LogP contribution in [0.1, 0.15) is 62.8 Å². The van der Waals surface area contributed by atoms with E-state index in [0.717, 1.165) is 63.6 Å². The minimum Gasteiger partial charge on any atom is -0.494 e. The lowest BCUT2D eigenvalue weighted by Crippen LogP contribution is -2.11. The van der Waals surface area contributed by atoms with Gasteiger partial charge in [0, 0.05) is 13.7 Å². The van der Waals surface area contributed by atoms with Gasteiger partial charge >= 0.3 is 0 Å². The molecule has 0 saturated heterocycles. The van der Waals surface area contributed by atoms with E-state index in [1.807, 2.05) is 12.1 Å². The molecule has 0 atom stereocenters. The molecule has 2 rings (SSSR count). The topological polar surface area (TPSA) is 18.5 Å². The van der Waals surface area contributed by atoms with Crippen LogP contribution in [-0.2, 0) is 4.74 Å². The maximum absolute atomic E-state index is 12.3. The zero-order valence-electron chi connectivity index (χ0n) is 15.2. The fourth-order valence-electron chi connectivity index (χ4n) is 3.53. The molecule has 0 bridgehead atoms. The van der Waals surface area contributed by atoms with Crippen LogP contribution in [0.5, 0.6) is 5.75 Å². The van der Waals surface area contributed by atoms with Crippen molar-refractivity contribution in [2.24, 2.45) is 5.92 Å². The highest BCUT2D eigenvalue weighted by Gasteiger charge is 2.21. The summed E-state index contributed by atoms with van der Waals surface area (Å²) in [5.74, 6) is 1.45. The van der Waals surface area contributed by atoms with Gasteiger partial charge in [-0.05, 0) is 80.6 Å². The maximum atomic E-state index is 12.3. The Morgan fingerprint density at radius 1 is 0.960 bits per heavy atom. The number of allylic oxidation sites excluding steroid dienone is 1. The minimum absolute atomic E-state index is 0.0488. The molecule has 0 heterocycles. The van der Waals surface area contributed by atoms with Crippen LogP contribution in [0, 0.1) is 5.92 Å². The third-order valence-electron chi connectivity index (χ3n) is 5.00. The molecule has 1 saturated carbocycles. The van der Waals surface area contributed by atoms with Gasteiger partial charge in [0.05, 0.1) is 6.61 Å². The molecule has 0 unspecified atom stereocenters. The van der Waals surface area contributed by atoms with Crippen LogP contribution >= 0.6 is 0 Å². The molecule has 0 amide bonds. The number of hydrogen-bond donors (Lipinski definition) is 0. The average molecular weight is 352 g/mol. The van der Waals surface area contributed by atoms with Crippen LogP contribution in [-0.4, -0.2) is 20.3 Å².